The Hall–Kier alpha value is -4.87. The summed E-state index contributed by atoms with van der Waals surface area (Å²) in [5.74, 6) is -0.613. The van der Waals surface area contributed by atoms with Crippen LogP contribution in [0.15, 0.2) is 84.2 Å². The van der Waals surface area contributed by atoms with Gasteiger partial charge in [-0.05, 0) is 49.7 Å². The van der Waals surface area contributed by atoms with E-state index in [0.717, 1.165) is 20.8 Å². The van der Waals surface area contributed by atoms with Crippen molar-refractivity contribution in [1.82, 2.24) is 23.9 Å². The van der Waals surface area contributed by atoms with Gasteiger partial charge < -0.3 is 14.4 Å². The molecule has 218 valence electrons. The van der Waals surface area contributed by atoms with Gasteiger partial charge in [-0.15, -0.1) is 11.3 Å². The maximum Gasteiger partial charge on any atom is 0.282 e. The van der Waals surface area contributed by atoms with Gasteiger partial charge in [-0.25, -0.2) is 14.1 Å². The van der Waals surface area contributed by atoms with Gasteiger partial charge in [0.1, 0.15) is 11.3 Å². The van der Waals surface area contributed by atoms with E-state index in [1.54, 1.807) is 73.6 Å². The highest BCUT2D eigenvalue weighted by Gasteiger charge is 2.25. The Balaban J connectivity index is 1.27. The molecule has 6 aromatic rings. The number of halogens is 1. The molecule has 1 N–H and O–H groups in total. The summed E-state index contributed by atoms with van der Waals surface area (Å²) in [6, 6.07) is 16.9. The minimum absolute atomic E-state index is 0.00452. The lowest BCUT2D eigenvalue weighted by molar-refractivity contribution is 0.0990. The van der Waals surface area contributed by atoms with Crippen LogP contribution in [0, 0.1) is 12.7 Å². The number of hydrogen-bond donors (Lipinski definition) is 1. The van der Waals surface area contributed by atoms with E-state index in [9.17, 15) is 14.7 Å². The van der Waals surface area contributed by atoms with Crippen LogP contribution < -0.4 is 10.3 Å². The first-order valence-electron chi connectivity index (χ1n) is 13.6. The predicted molar refractivity (Wildman–Crippen MR) is 163 cm³/mol. The number of thiophene rings is 1. The minimum Gasteiger partial charge on any atom is -0.453 e. The average molecular weight is 598 g/mol. The van der Waals surface area contributed by atoms with Gasteiger partial charge in [0.15, 0.2) is 17.3 Å². The smallest absolute Gasteiger partial charge is 0.282 e. The minimum atomic E-state index is -0.748. The molecule has 6 rings (SSSR count). The lowest BCUT2D eigenvalue weighted by Crippen LogP contribution is -2.26. The second kappa shape index (κ2) is 11.4. The van der Waals surface area contributed by atoms with Crippen molar-refractivity contribution >= 4 is 27.3 Å². The Morgan fingerprint density at radius 1 is 1.12 bits per heavy atom. The molecule has 0 bridgehead atoms. The van der Waals surface area contributed by atoms with Gasteiger partial charge in [0, 0.05) is 31.4 Å². The van der Waals surface area contributed by atoms with Crippen molar-refractivity contribution in [2.45, 2.75) is 32.9 Å². The molecule has 0 saturated carbocycles. The number of fused-ring (bicyclic) bond motifs is 1. The number of aliphatic hydroxyl groups is 1. The van der Waals surface area contributed by atoms with Gasteiger partial charge >= 0.3 is 0 Å². The van der Waals surface area contributed by atoms with Crippen LogP contribution in [0.1, 0.15) is 28.5 Å². The van der Waals surface area contributed by atoms with E-state index in [0.29, 0.717) is 22.7 Å². The van der Waals surface area contributed by atoms with Crippen LogP contribution >= 0.6 is 11.3 Å². The van der Waals surface area contributed by atoms with E-state index >= 15 is 4.39 Å². The predicted octanol–water partition coefficient (Wildman–Crippen LogP) is 5.70. The van der Waals surface area contributed by atoms with Crippen LogP contribution in [-0.2, 0) is 20.0 Å². The fraction of sp³-hybridized carbons (Fsp3) is 0.188. The number of aromatic nitrogens is 5. The zero-order valence-corrected chi connectivity index (χ0v) is 24.5. The molecule has 9 nitrogen and oxygen atoms in total. The fourth-order valence-corrected chi connectivity index (χ4v) is 6.23. The van der Waals surface area contributed by atoms with E-state index in [-0.39, 0.29) is 24.3 Å². The normalized spacial score (nSPS) is 12.1. The quantitative estimate of drug-likeness (QED) is 0.215. The topological polar surface area (TPSA) is 104 Å². The summed E-state index contributed by atoms with van der Waals surface area (Å²) in [5, 5.41) is 10.1. The van der Waals surface area contributed by atoms with Crippen molar-refractivity contribution in [2.75, 3.05) is 0 Å². The van der Waals surface area contributed by atoms with Gasteiger partial charge in [-0.2, -0.15) is 0 Å². The fourth-order valence-electron chi connectivity index (χ4n) is 5.11. The number of carbonyl (C=O) groups excluding carboxylic acids is 1. The highest BCUT2D eigenvalue weighted by Crippen LogP contribution is 2.39. The summed E-state index contributed by atoms with van der Waals surface area (Å²) in [6.45, 7) is 3.41. The lowest BCUT2D eigenvalue weighted by atomic mass is 10.0. The molecule has 0 aliphatic carbocycles. The number of imidazole rings is 1. The van der Waals surface area contributed by atoms with E-state index in [1.165, 1.54) is 28.2 Å². The van der Waals surface area contributed by atoms with Gasteiger partial charge in [-0.1, -0.05) is 24.3 Å². The van der Waals surface area contributed by atoms with E-state index in [2.05, 4.69) is 9.97 Å². The third-order valence-electron chi connectivity index (χ3n) is 7.14. The molecule has 0 unspecified atom stereocenters. The summed E-state index contributed by atoms with van der Waals surface area (Å²) in [7, 11) is 1.91. The number of pyridine rings is 1. The number of benzene rings is 2. The van der Waals surface area contributed by atoms with Gasteiger partial charge in [-0.3, -0.25) is 19.3 Å². The van der Waals surface area contributed by atoms with Crippen molar-refractivity contribution in [3.8, 4) is 27.8 Å². The molecule has 4 aromatic heterocycles. The number of carbonyl (C=O) groups is 1. The first-order chi connectivity index (χ1) is 20.7. The van der Waals surface area contributed by atoms with Gasteiger partial charge in [0.25, 0.3) is 5.56 Å². The highest BCUT2D eigenvalue weighted by atomic mass is 32.1. The number of Topliss-reactive ketones (excluding diaryl/α,β-unsaturated/α-hetero) is 1. The summed E-state index contributed by atoms with van der Waals surface area (Å²) in [6.07, 6.45) is 4.17. The van der Waals surface area contributed by atoms with Crippen molar-refractivity contribution in [2.24, 2.45) is 7.05 Å². The first kappa shape index (κ1) is 28.3. The molecular formula is C32H28FN5O4S. The van der Waals surface area contributed by atoms with Crippen molar-refractivity contribution < 1.29 is 19.0 Å². The molecule has 2 aromatic carbocycles. The number of ketones is 1. The first-order valence-corrected chi connectivity index (χ1v) is 14.4. The highest BCUT2D eigenvalue weighted by molar-refractivity contribution is 7.22. The molecule has 0 radical (unpaired) electrons. The lowest BCUT2D eigenvalue weighted by Gasteiger charge is -2.15. The Morgan fingerprint density at radius 2 is 1.91 bits per heavy atom. The molecule has 1 atom stereocenters. The molecule has 0 aliphatic rings. The number of para-hydroxylation sites is 1. The summed E-state index contributed by atoms with van der Waals surface area (Å²) >= 11 is 1.47. The van der Waals surface area contributed by atoms with Crippen LogP contribution in [0.2, 0.25) is 0 Å². The van der Waals surface area contributed by atoms with Crippen molar-refractivity contribution in [3.63, 3.8) is 0 Å². The number of ether oxygens (including phenoxy) is 1. The molecule has 0 spiro atoms. The third-order valence-corrected chi connectivity index (χ3v) is 8.30. The maximum absolute atomic E-state index is 15.3. The summed E-state index contributed by atoms with van der Waals surface area (Å²) < 4.78 is 27.0. The summed E-state index contributed by atoms with van der Waals surface area (Å²) in [4.78, 5) is 36.5. The molecule has 4 heterocycles. The van der Waals surface area contributed by atoms with Crippen LogP contribution in [0.5, 0.6) is 11.5 Å². The second-order valence-electron chi connectivity index (χ2n) is 10.3. The van der Waals surface area contributed by atoms with Crippen LogP contribution in [0.4, 0.5) is 4.39 Å². The van der Waals surface area contributed by atoms with Crippen LogP contribution in [0.25, 0.3) is 26.5 Å². The average Bonchev–Trinajstić information content (AvgIpc) is 3.66. The zero-order chi connectivity index (χ0) is 30.2. The summed E-state index contributed by atoms with van der Waals surface area (Å²) in [5.41, 5.74) is 2.58. The Bertz CT molecular complexity index is 2020. The van der Waals surface area contributed by atoms with E-state index < -0.39 is 23.3 Å². The van der Waals surface area contributed by atoms with E-state index in [4.69, 9.17) is 4.74 Å². The van der Waals surface area contributed by atoms with Crippen molar-refractivity contribution in [3.05, 3.63) is 112 Å². The molecule has 11 heteroatoms. The van der Waals surface area contributed by atoms with E-state index in [1.807, 2.05) is 23.7 Å². The maximum atomic E-state index is 15.3. The number of rotatable bonds is 9. The molecule has 0 amide bonds. The number of aliphatic hydroxyl groups excluding tert-OH is 1. The Kier molecular flexibility index (Phi) is 7.51. The largest absolute Gasteiger partial charge is 0.453 e. The molecule has 0 saturated heterocycles. The van der Waals surface area contributed by atoms with Crippen LogP contribution in [-0.4, -0.2) is 40.9 Å². The standard InChI is InChI=1S/C32H28FN5O4S/c1-19(39)17-37-20(2)30(32(41)38(37)22-7-5-4-6-8-22)26(40)14-21-9-10-27(23(33)13-21)42-28-11-12-35-24-15-29(43-31(24)28)25-16-34-18-36(25)3/h4-13,15-16,18-19,39H,14,17H2,1-3H3/t19-/m1/s1. The monoisotopic (exact) mass is 597 g/mol. The Morgan fingerprint density at radius 3 is 2.60 bits per heavy atom. The van der Waals surface area contributed by atoms with Gasteiger partial charge in [0.2, 0.25) is 0 Å². The number of nitrogens with zero attached hydrogens (tertiary/aromatic N) is 5. The molecule has 0 fully saturated rings. The SMILES string of the molecule is Cc1c(C(=O)Cc2ccc(Oc3ccnc4cc(-c5cncn5C)sc34)c(F)c2)c(=O)n(-c2ccccc2)n1C[C@@H](C)O. The van der Waals surface area contributed by atoms with Crippen molar-refractivity contribution in [1.29, 1.82) is 0 Å². The number of hydrogen-bond acceptors (Lipinski definition) is 7. The van der Waals surface area contributed by atoms with Gasteiger partial charge in [0.05, 0.1) is 51.6 Å². The Labute approximate surface area is 250 Å². The second-order valence-corrected chi connectivity index (χ2v) is 11.4. The molecule has 0 aliphatic heterocycles. The molecule has 43 heavy (non-hydrogen) atoms. The van der Waals surface area contributed by atoms with Crippen LogP contribution in [0.3, 0.4) is 0 Å². The molecular weight excluding hydrogens is 569 g/mol. The zero-order valence-electron chi connectivity index (χ0n) is 23.7. The number of aryl methyl sites for hydroxylation is 1. The third kappa shape index (κ3) is 5.40.